The van der Waals surface area contributed by atoms with Gasteiger partial charge in [-0.25, -0.2) is 14.4 Å². The Kier molecular flexibility index (Phi) is 24.6. The molecule has 0 aliphatic rings. The Morgan fingerprint density at radius 1 is 0.500 bits per heavy atom. The molecular weight excluding hydrogens is 872 g/mol. The number of urea groups is 1. The minimum Gasteiger partial charge on any atom is -0.508 e. The van der Waals surface area contributed by atoms with Crippen molar-refractivity contribution < 1.29 is 84.0 Å². The molecule has 4 amide bonds. The van der Waals surface area contributed by atoms with Gasteiger partial charge in [0.15, 0.2) is 0 Å². The molecule has 2 aromatic carbocycles. The van der Waals surface area contributed by atoms with Crippen LogP contribution in [0, 0.1) is 0 Å². The Hall–Kier alpha value is -7.01. The summed E-state index contributed by atoms with van der Waals surface area (Å²) in [5.74, 6) is -8.14. The highest BCUT2D eigenvalue weighted by Gasteiger charge is 2.25. The number of nitrogens with zero attached hydrogens (tertiary/aromatic N) is 2. The highest BCUT2D eigenvalue weighted by Crippen LogP contribution is 2.23. The van der Waals surface area contributed by atoms with Gasteiger partial charge in [-0.2, -0.15) is 0 Å². The van der Waals surface area contributed by atoms with Crippen molar-refractivity contribution in [1.29, 1.82) is 0 Å². The third-order valence-electron chi connectivity index (χ3n) is 10.0. The third kappa shape index (κ3) is 23.6. The summed E-state index contributed by atoms with van der Waals surface area (Å²) in [7, 11) is 0. The highest BCUT2D eigenvalue weighted by atomic mass is 16.4. The molecule has 23 heteroatoms. The number of phenols is 2. The van der Waals surface area contributed by atoms with Crippen LogP contribution in [0.4, 0.5) is 4.79 Å². The fourth-order valence-corrected chi connectivity index (χ4v) is 6.58. The predicted molar refractivity (Wildman–Crippen MR) is 231 cm³/mol. The molecule has 0 bridgehead atoms. The van der Waals surface area contributed by atoms with Gasteiger partial charge in [-0.15, -0.1) is 0 Å². The van der Waals surface area contributed by atoms with E-state index in [9.17, 15) is 68.7 Å². The van der Waals surface area contributed by atoms with Gasteiger partial charge in [-0.1, -0.05) is 24.3 Å². The lowest BCUT2D eigenvalue weighted by Gasteiger charge is -2.26. The summed E-state index contributed by atoms with van der Waals surface area (Å²) in [6, 6.07) is 5.34. The molecule has 0 heterocycles. The number of phenolic OH excluding ortho intramolecular Hbond substituents is 2. The number of carbonyl (C=O) groups excluding carboxylic acids is 3. The standard InChI is InChI=1S/C43H60N6O17/c50-33-12-7-27(21-29(33)23-48(25-39(58)59)19-20-49(26-40(60)61)24-30-22-28(8-13-34(30)51)10-15-37(54)55)9-14-36(53)45-18-4-2-6-35(52)44-17-3-1-5-31(41(62)63)46-43(66)47-32(42(64)65)11-16-38(56)57/h7-8,12-13,21-22,31-32,50-51H,1-6,9-11,14-20,23-26H2,(H,44,52)(H,45,53)(H,54,55)(H,56,57)(H,58,59)(H,60,61)(H,62,63)(H,64,65)(H2,46,47,66)/t31-,32-/m0/s1. The van der Waals surface area contributed by atoms with Gasteiger partial charge in [-0.05, 0) is 74.6 Å². The van der Waals surface area contributed by atoms with Crippen LogP contribution in [0.15, 0.2) is 36.4 Å². The molecule has 0 aromatic heterocycles. The molecule has 0 aliphatic carbocycles. The summed E-state index contributed by atoms with van der Waals surface area (Å²) in [6.45, 7) is -0.274. The number of hydrogen-bond donors (Lipinski definition) is 12. The first-order valence-corrected chi connectivity index (χ1v) is 21.2. The topological polar surface area (TPSA) is 370 Å². The summed E-state index contributed by atoms with van der Waals surface area (Å²) < 4.78 is 0. The lowest BCUT2D eigenvalue weighted by molar-refractivity contribution is -0.141. The highest BCUT2D eigenvalue weighted by molar-refractivity contribution is 5.86. The van der Waals surface area contributed by atoms with E-state index in [1.807, 2.05) is 5.32 Å². The fraction of sp³-hybridized carbons (Fsp3) is 0.512. The summed E-state index contributed by atoms with van der Waals surface area (Å²) >= 11 is 0. The van der Waals surface area contributed by atoms with Crippen molar-refractivity contribution in [2.75, 3.05) is 39.3 Å². The van der Waals surface area contributed by atoms with E-state index in [0.717, 1.165) is 0 Å². The number of unbranched alkanes of at least 4 members (excludes halogenated alkanes) is 2. The van der Waals surface area contributed by atoms with E-state index in [1.165, 1.54) is 21.9 Å². The average Bonchev–Trinajstić information content (AvgIpc) is 3.23. The van der Waals surface area contributed by atoms with Gasteiger partial charge in [0.05, 0.1) is 13.1 Å². The van der Waals surface area contributed by atoms with Gasteiger partial charge < -0.3 is 62.1 Å². The Balaban J connectivity index is 1.78. The zero-order chi connectivity index (χ0) is 49.2. The Bertz CT molecular complexity index is 2000. The number of aromatic hydroxyl groups is 2. The number of carboxylic acids is 6. The van der Waals surface area contributed by atoms with E-state index in [4.69, 9.17) is 15.3 Å². The van der Waals surface area contributed by atoms with Gasteiger partial charge in [0, 0.05) is 76.1 Å². The molecule has 0 saturated heterocycles. The molecule has 364 valence electrons. The lowest BCUT2D eigenvalue weighted by Crippen LogP contribution is -2.51. The van der Waals surface area contributed by atoms with Crippen LogP contribution in [-0.2, 0) is 64.3 Å². The smallest absolute Gasteiger partial charge is 0.326 e. The van der Waals surface area contributed by atoms with Gasteiger partial charge >= 0.3 is 41.8 Å². The number of aliphatic carboxylic acids is 6. The molecule has 0 unspecified atom stereocenters. The molecule has 0 saturated carbocycles. The molecule has 0 aliphatic heterocycles. The number of hydrogen-bond acceptors (Lipinski definition) is 13. The van der Waals surface area contributed by atoms with Crippen LogP contribution in [-0.4, -0.2) is 156 Å². The first-order chi connectivity index (χ1) is 31.2. The Labute approximate surface area is 379 Å². The molecule has 0 spiro atoms. The minimum absolute atomic E-state index is 0.0200. The minimum atomic E-state index is -1.52. The van der Waals surface area contributed by atoms with Crippen LogP contribution in [0.2, 0.25) is 0 Å². The number of carbonyl (C=O) groups is 9. The van der Waals surface area contributed by atoms with E-state index < -0.39 is 79.9 Å². The van der Waals surface area contributed by atoms with Crippen molar-refractivity contribution in [3.8, 4) is 11.5 Å². The first kappa shape index (κ1) is 55.1. The van der Waals surface area contributed by atoms with E-state index >= 15 is 0 Å². The van der Waals surface area contributed by atoms with Crippen LogP contribution in [0.5, 0.6) is 11.5 Å². The quantitative estimate of drug-likeness (QED) is 0.0438. The first-order valence-electron chi connectivity index (χ1n) is 21.2. The second-order valence-corrected chi connectivity index (χ2v) is 15.5. The van der Waals surface area contributed by atoms with E-state index in [-0.39, 0.29) is 94.6 Å². The van der Waals surface area contributed by atoms with Crippen molar-refractivity contribution in [3.05, 3.63) is 58.7 Å². The summed E-state index contributed by atoms with van der Waals surface area (Å²) in [6.07, 6.45) is 1.32. The van der Waals surface area contributed by atoms with Crippen molar-refractivity contribution in [3.63, 3.8) is 0 Å². The van der Waals surface area contributed by atoms with Crippen LogP contribution in [0.1, 0.15) is 86.5 Å². The molecule has 2 aromatic rings. The van der Waals surface area contributed by atoms with Crippen LogP contribution in [0.25, 0.3) is 0 Å². The summed E-state index contributed by atoms with van der Waals surface area (Å²) in [5.41, 5.74) is 2.08. The maximum absolute atomic E-state index is 12.6. The molecule has 66 heavy (non-hydrogen) atoms. The predicted octanol–water partition coefficient (Wildman–Crippen LogP) is 1.16. The second kappa shape index (κ2) is 29.4. The molecule has 0 radical (unpaired) electrons. The van der Waals surface area contributed by atoms with E-state index in [0.29, 0.717) is 54.5 Å². The maximum Gasteiger partial charge on any atom is 0.326 e. The van der Waals surface area contributed by atoms with E-state index in [2.05, 4.69) is 16.0 Å². The van der Waals surface area contributed by atoms with Crippen LogP contribution in [0.3, 0.4) is 0 Å². The SMILES string of the molecule is O=C(O)CCc1ccc(O)c(CN(CCN(CC(=O)O)Cc2cc(CCC(=O)NCCCCC(=O)NCCCC[C@H](NC(=O)N[C@@H](CCC(=O)O)C(=O)O)C(=O)O)ccc2O)CC(=O)O)c1. The summed E-state index contributed by atoms with van der Waals surface area (Å²) in [5, 5.41) is 86.3. The Morgan fingerprint density at radius 2 is 0.939 bits per heavy atom. The molecular formula is C43H60N6O17. The van der Waals surface area contributed by atoms with Crippen molar-refractivity contribution >= 4 is 53.7 Å². The molecule has 0 fully saturated rings. The lowest BCUT2D eigenvalue weighted by atomic mass is 10.0. The number of nitrogens with one attached hydrogen (secondary N) is 4. The zero-order valence-electron chi connectivity index (χ0n) is 36.4. The van der Waals surface area contributed by atoms with Gasteiger partial charge in [0.2, 0.25) is 11.8 Å². The average molecular weight is 933 g/mol. The third-order valence-corrected chi connectivity index (χ3v) is 10.0. The normalized spacial score (nSPS) is 11.9. The molecule has 23 nitrogen and oxygen atoms in total. The van der Waals surface area contributed by atoms with Crippen LogP contribution < -0.4 is 21.3 Å². The summed E-state index contributed by atoms with van der Waals surface area (Å²) in [4.78, 5) is 108. The zero-order valence-corrected chi connectivity index (χ0v) is 36.4. The molecule has 12 N–H and O–H groups in total. The van der Waals surface area contributed by atoms with E-state index in [1.54, 1.807) is 24.3 Å². The molecule has 2 rings (SSSR count). The maximum atomic E-state index is 12.6. The van der Waals surface area contributed by atoms with Crippen molar-refractivity contribution in [2.45, 2.75) is 102 Å². The number of benzene rings is 2. The number of carboxylic acid groups (broad SMARTS) is 6. The van der Waals surface area contributed by atoms with Crippen LogP contribution >= 0.6 is 0 Å². The number of aryl methyl sites for hydroxylation is 2. The second-order valence-electron chi connectivity index (χ2n) is 15.5. The van der Waals surface area contributed by atoms with Gasteiger partial charge in [-0.3, -0.25) is 38.6 Å². The monoisotopic (exact) mass is 932 g/mol. The van der Waals surface area contributed by atoms with Gasteiger partial charge in [0.1, 0.15) is 23.6 Å². The van der Waals surface area contributed by atoms with Gasteiger partial charge in [0.25, 0.3) is 0 Å². The number of amides is 4. The largest absolute Gasteiger partial charge is 0.508 e. The Morgan fingerprint density at radius 3 is 1.39 bits per heavy atom. The fourth-order valence-electron chi connectivity index (χ4n) is 6.58. The van der Waals surface area contributed by atoms with Crippen molar-refractivity contribution in [2.24, 2.45) is 0 Å². The van der Waals surface area contributed by atoms with Crippen molar-refractivity contribution in [1.82, 2.24) is 31.1 Å². The molecule has 2 atom stereocenters. The number of rotatable bonds is 34.